The lowest BCUT2D eigenvalue weighted by Gasteiger charge is -2.14. The first-order valence-corrected chi connectivity index (χ1v) is 7.85. The van der Waals surface area contributed by atoms with Crippen LogP contribution in [0.2, 0.25) is 5.02 Å². The van der Waals surface area contributed by atoms with Crippen LogP contribution in [0.25, 0.3) is 6.08 Å². The molecule has 0 aliphatic carbocycles. The quantitative estimate of drug-likeness (QED) is 0.798. The number of nitrogens with zero attached hydrogens (tertiary/aromatic N) is 3. The zero-order valence-electron chi connectivity index (χ0n) is 12.7. The van der Waals surface area contributed by atoms with Crippen LogP contribution >= 0.6 is 11.6 Å². The molecule has 1 atom stereocenters. The zero-order chi connectivity index (χ0) is 16.9. The first-order valence-electron chi connectivity index (χ1n) is 7.47. The van der Waals surface area contributed by atoms with Crippen LogP contribution in [-0.4, -0.2) is 40.0 Å². The Morgan fingerprint density at radius 3 is 2.83 bits per heavy atom. The molecule has 0 saturated carbocycles. The molecule has 5 nitrogen and oxygen atoms in total. The highest BCUT2D eigenvalue weighted by Gasteiger charge is 2.27. The van der Waals surface area contributed by atoms with Crippen molar-refractivity contribution < 1.29 is 13.9 Å². The normalized spacial score (nSPS) is 17.4. The third-order valence-corrected chi connectivity index (χ3v) is 3.98. The molecule has 1 aliphatic heterocycles. The van der Waals surface area contributed by atoms with Gasteiger partial charge >= 0.3 is 6.01 Å². The van der Waals surface area contributed by atoms with Gasteiger partial charge in [0.25, 0.3) is 0 Å². The molecule has 7 heteroatoms. The Kier molecular flexibility index (Phi) is 5.05. The van der Waals surface area contributed by atoms with Gasteiger partial charge in [-0.3, -0.25) is 4.79 Å². The van der Waals surface area contributed by atoms with E-state index in [2.05, 4.69) is 9.97 Å². The van der Waals surface area contributed by atoms with E-state index in [0.29, 0.717) is 24.5 Å². The standard InChI is InChI=1S/C17H15ClFN3O2/c18-15-4-2-1-3-12(15)5-6-16(23)22-8-7-14(11-22)24-17-20-9-13(19)10-21-17/h1-6,9-10,14H,7-8,11H2/b6-5+. The van der Waals surface area contributed by atoms with E-state index in [1.807, 2.05) is 18.2 Å². The molecule has 24 heavy (non-hydrogen) atoms. The Bertz CT molecular complexity index is 752. The fourth-order valence-corrected chi connectivity index (χ4v) is 2.61. The van der Waals surface area contributed by atoms with Gasteiger partial charge in [-0.25, -0.2) is 14.4 Å². The average Bonchev–Trinajstić information content (AvgIpc) is 3.05. The summed E-state index contributed by atoms with van der Waals surface area (Å²) in [7, 11) is 0. The molecule has 0 spiro atoms. The van der Waals surface area contributed by atoms with Crippen LogP contribution in [0.4, 0.5) is 4.39 Å². The van der Waals surface area contributed by atoms with E-state index in [1.165, 1.54) is 6.08 Å². The molecule has 2 aromatic rings. The van der Waals surface area contributed by atoms with Crippen molar-refractivity contribution >= 4 is 23.6 Å². The van der Waals surface area contributed by atoms with Gasteiger partial charge in [0, 0.05) is 24.1 Å². The maximum absolute atomic E-state index is 12.8. The Balaban J connectivity index is 1.56. The Labute approximate surface area is 143 Å². The number of hydrogen-bond acceptors (Lipinski definition) is 4. The molecule has 1 fully saturated rings. The van der Waals surface area contributed by atoms with Crippen LogP contribution in [0.3, 0.4) is 0 Å². The number of hydrogen-bond donors (Lipinski definition) is 0. The van der Waals surface area contributed by atoms with Gasteiger partial charge in [0.1, 0.15) is 6.10 Å². The van der Waals surface area contributed by atoms with Crippen molar-refractivity contribution in [2.75, 3.05) is 13.1 Å². The summed E-state index contributed by atoms with van der Waals surface area (Å²) in [5, 5.41) is 0.595. The van der Waals surface area contributed by atoms with Gasteiger partial charge in [0.15, 0.2) is 5.82 Å². The highest BCUT2D eigenvalue weighted by molar-refractivity contribution is 6.32. The van der Waals surface area contributed by atoms with Crippen LogP contribution in [0.5, 0.6) is 6.01 Å². The van der Waals surface area contributed by atoms with Crippen LogP contribution in [0.15, 0.2) is 42.7 Å². The molecule has 1 aromatic heterocycles. The number of benzene rings is 1. The summed E-state index contributed by atoms with van der Waals surface area (Å²) in [5.74, 6) is -0.628. The summed E-state index contributed by atoms with van der Waals surface area (Å²) in [6.45, 7) is 1.02. The van der Waals surface area contributed by atoms with Crippen molar-refractivity contribution in [3.8, 4) is 6.01 Å². The van der Waals surface area contributed by atoms with Crippen molar-refractivity contribution in [2.24, 2.45) is 0 Å². The van der Waals surface area contributed by atoms with Crippen LogP contribution in [-0.2, 0) is 4.79 Å². The first-order chi connectivity index (χ1) is 11.6. The number of rotatable bonds is 4. The van der Waals surface area contributed by atoms with Gasteiger partial charge in [0.05, 0.1) is 18.9 Å². The van der Waals surface area contributed by atoms with E-state index >= 15 is 0 Å². The van der Waals surface area contributed by atoms with E-state index < -0.39 is 5.82 Å². The maximum atomic E-state index is 12.8. The minimum Gasteiger partial charge on any atom is -0.458 e. The van der Waals surface area contributed by atoms with Gasteiger partial charge in [-0.05, 0) is 17.7 Å². The molecule has 1 aromatic carbocycles. The summed E-state index contributed by atoms with van der Waals surface area (Å²) >= 11 is 6.06. The van der Waals surface area contributed by atoms with Gasteiger partial charge in [-0.15, -0.1) is 0 Å². The predicted octanol–water partition coefficient (Wildman–Crippen LogP) is 2.96. The van der Waals surface area contributed by atoms with E-state index in [4.69, 9.17) is 16.3 Å². The monoisotopic (exact) mass is 347 g/mol. The largest absolute Gasteiger partial charge is 0.458 e. The number of carbonyl (C=O) groups excluding carboxylic acids is 1. The van der Waals surface area contributed by atoms with E-state index in [1.54, 1.807) is 17.0 Å². The molecule has 1 saturated heterocycles. The first kappa shape index (κ1) is 16.4. The Hall–Kier alpha value is -2.47. The predicted molar refractivity (Wildman–Crippen MR) is 88.1 cm³/mol. The molecule has 124 valence electrons. The van der Waals surface area contributed by atoms with E-state index in [-0.39, 0.29) is 18.0 Å². The summed E-state index contributed by atoms with van der Waals surface area (Å²) < 4.78 is 18.3. The fourth-order valence-electron chi connectivity index (χ4n) is 2.41. The summed E-state index contributed by atoms with van der Waals surface area (Å²) in [5.41, 5.74) is 0.791. The minimum absolute atomic E-state index is 0.110. The maximum Gasteiger partial charge on any atom is 0.316 e. The van der Waals surface area contributed by atoms with Crippen molar-refractivity contribution in [1.82, 2.24) is 14.9 Å². The smallest absolute Gasteiger partial charge is 0.316 e. The van der Waals surface area contributed by atoms with Crippen LogP contribution in [0.1, 0.15) is 12.0 Å². The Morgan fingerprint density at radius 1 is 1.33 bits per heavy atom. The lowest BCUT2D eigenvalue weighted by atomic mass is 10.2. The fraction of sp³-hybridized carbons (Fsp3) is 0.235. The third-order valence-electron chi connectivity index (χ3n) is 3.64. The summed E-state index contributed by atoms with van der Waals surface area (Å²) in [6, 6.07) is 7.42. The van der Waals surface area contributed by atoms with Gasteiger partial charge in [-0.1, -0.05) is 29.8 Å². The molecule has 3 rings (SSSR count). The number of amides is 1. The number of carbonyl (C=O) groups is 1. The summed E-state index contributed by atoms with van der Waals surface area (Å²) in [6.07, 6.45) is 5.76. The van der Waals surface area contributed by atoms with Gasteiger partial charge in [0.2, 0.25) is 5.91 Å². The van der Waals surface area contributed by atoms with E-state index in [0.717, 1.165) is 18.0 Å². The molecule has 0 N–H and O–H groups in total. The molecule has 2 heterocycles. The molecule has 1 amide bonds. The molecule has 0 radical (unpaired) electrons. The SMILES string of the molecule is O=C(/C=C/c1ccccc1Cl)N1CCC(Oc2ncc(F)cn2)C1. The molecular formula is C17H15ClFN3O2. The summed E-state index contributed by atoms with van der Waals surface area (Å²) in [4.78, 5) is 21.4. The lowest BCUT2D eigenvalue weighted by Crippen LogP contribution is -2.29. The highest BCUT2D eigenvalue weighted by Crippen LogP contribution is 2.18. The minimum atomic E-state index is -0.518. The number of likely N-dealkylation sites (tertiary alicyclic amines) is 1. The van der Waals surface area contributed by atoms with Gasteiger partial charge in [-0.2, -0.15) is 0 Å². The van der Waals surface area contributed by atoms with Crippen molar-refractivity contribution in [2.45, 2.75) is 12.5 Å². The molecule has 1 unspecified atom stereocenters. The average molecular weight is 348 g/mol. The van der Waals surface area contributed by atoms with Crippen molar-refractivity contribution in [3.63, 3.8) is 0 Å². The van der Waals surface area contributed by atoms with Gasteiger partial charge < -0.3 is 9.64 Å². The second kappa shape index (κ2) is 7.40. The second-order valence-electron chi connectivity index (χ2n) is 5.35. The molecule has 0 bridgehead atoms. The topological polar surface area (TPSA) is 55.3 Å². The third kappa shape index (κ3) is 4.08. The number of halogens is 2. The highest BCUT2D eigenvalue weighted by atomic mass is 35.5. The zero-order valence-corrected chi connectivity index (χ0v) is 13.5. The molecule has 1 aliphatic rings. The molecular weight excluding hydrogens is 333 g/mol. The number of ether oxygens (including phenoxy) is 1. The van der Waals surface area contributed by atoms with Crippen molar-refractivity contribution in [3.05, 3.63) is 59.1 Å². The van der Waals surface area contributed by atoms with Crippen LogP contribution in [0, 0.1) is 5.82 Å². The second-order valence-corrected chi connectivity index (χ2v) is 5.76. The number of aromatic nitrogens is 2. The van der Waals surface area contributed by atoms with Crippen molar-refractivity contribution in [1.29, 1.82) is 0 Å². The lowest BCUT2D eigenvalue weighted by molar-refractivity contribution is -0.125. The Morgan fingerprint density at radius 2 is 2.08 bits per heavy atom. The van der Waals surface area contributed by atoms with E-state index in [9.17, 15) is 9.18 Å². The van der Waals surface area contributed by atoms with Crippen LogP contribution < -0.4 is 4.74 Å².